The Morgan fingerprint density at radius 2 is 2.15 bits per heavy atom. The van der Waals surface area contributed by atoms with Gasteiger partial charge in [0.05, 0.1) is 0 Å². The number of rotatable bonds is 3. The fourth-order valence-corrected chi connectivity index (χ4v) is 1.81. The molecule has 1 rings (SSSR count). The molecule has 0 radical (unpaired) electrons. The predicted molar refractivity (Wildman–Crippen MR) is 51.3 cm³/mol. The summed E-state index contributed by atoms with van der Waals surface area (Å²) in [6.07, 6.45) is 7.67. The van der Waals surface area contributed by atoms with Crippen molar-refractivity contribution in [3.8, 4) is 0 Å². The van der Waals surface area contributed by atoms with Crippen LogP contribution in [0.1, 0.15) is 32.6 Å². The molecule has 1 aliphatic rings. The van der Waals surface area contributed by atoms with Crippen LogP contribution in [0.2, 0.25) is 0 Å². The first-order chi connectivity index (χ1) is 6.20. The normalized spacial score (nSPS) is 29.0. The molecule has 0 aromatic rings. The van der Waals surface area contributed by atoms with Crippen LogP contribution in [-0.4, -0.2) is 17.1 Å². The number of hydrogen-bond acceptors (Lipinski definition) is 2. The molecule has 3 nitrogen and oxygen atoms in total. The molecule has 13 heavy (non-hydrogen) atoms. The second kappa shape index (κ2) is 4.90. The van der Waals surface area contributed by atoms with Gasteiger partial charge in [0, 0.05) is 18.3 Å². The maximum atomic E-state index is 10.2. The first kappa shape index (κ1) is 10.1. The van der Waals surface area contributed by atoms with Crippen LogP contribution in [0.3, 0.4) is 0 Å². The molecule has 0 spiro atoms. The minimum absolute atomic E-state index is 0.462. The summed E-state index contributed by atoms with van der Waals surface area (Å²) < 4.78 is 0. The van der Waals surface area contributed by atoms with Crippen molar-refractivity contribution in [2.45, 2.75) is 38.6 Å². The molecule has 74 valence electrons. The van der Waals surface area contributed by atoms with E-state index in [1.54, 1.807) is 6.20 Å². The van der Waals surface area contributed by atoms with Crippen LogP contribution >= 0.6 is 0 Å². The number of nitrogens with one attached hydrogen (secondary N) is 1. The van der Waals surface area contributed by atoms with E-state index in [1.807, 2.05) is 0 Å². The molecule has 0 aromatic carbocycles. The minimum atomic E-state index is -0.893. The lowest BCUT2D eigenvalue weighted by atomic mass is 9.86. The van der Waals surface area contributed by atoms with Crippen molar-refractivity contribution < 1.29 is 9.90 Å². The summed E-state index contributed by atoms with van der Waals surface area (Å²) in [5.41, 5.74) is 0. The smallest absolute Gasteiger partial charge is 0.329 e. The fourth-order valence-electron chi connectivity index (χ4n) is 1.81. The summed E-state index contributed by atoms with van der Waals surface area (Å²) in [6, 6.07) is 0.462. The van der Waals surface area contributed by atoms with E-state index < -0.39 is 5.97 Å². The van der Waals surface area contributed by atoms with Gasteiger partial charge in [-0.1, -0.05) is 19.8 Å². The molecule has 0 aromatic heterocycles. The fraction of sp³-hybridized carbons (Fsp3) is 0.700. The number of aliphatic carboxylic acids is 1. The predicted octanol–water partition coefficient (Wildman–Crippen LogP) is 1.75. The minimum Gasteiger partial charge on any atom is -0.478 e. The Kier molecular flexibility index (Phi) is 3.80. The van der Waals surface area contributed by atoms with E-state index in [-0.39, 0.29) is 0 Å². The maximum Gasteiger partial charge on any atom is 0.329 e. The molecule has 0 saturated heterocycles. The van der Waals surface area contributed by atoms with Gasteiger partial charge in [-0.2, -0.15) is 0 Å². The zero-order valence-corrected chi connectivity index (χ0v) is 7.99. The van der Waals surface area contributed by atoms with Gasteiger partial charge in [-0.05, 0) is 18.8 Å². The van der Waals surface area contributed by atoms with Crippen LogP contribution in [0.25, 0.3) is 0 Å². The third-order valence-corrected chi connectivity index (χ3v) is 2.65. The van der Waals surface area contributed by atoms with Crippen LogP contribution < -0.4 is 5.32 Å². The van der Waals surface area contributed by atoms with Gasteiger partial charge in [0.2, 0.25) is 0 Å². The zero-order chi connectivity index (χ0) is 9.68. The maximum absolute atomic E-state index is 10.2. The van der Waals surface area contributed by atoms with Crippen molar-refractivity contribution in [1.29, 1.82) is 0 Å². The lowest BCUT2D eigenvalue weighted by Crippen LogP contribution is -2.33. The third kappa shape index (κ3) is 3.49. The SMILES string of the molecule is CC1CCCCC1N/C=C/C(=O)O. The summed E-state index contributed by atoms with van der Waals surface area (Å²) >= 11 is 0. The molecular formula is C10H17NO2. The average molecular weight is 183 g/mol. The van der Waals surface area contributed by atoms with Crippen molar-refractivity contribution >= 4 is 5.97 Å². The number of hydrogen-bond donors (Lipinski definition) is 2. The van der Waals surface area contributed by atoms with Crippen LogP contribution in [0.15, 0.2) is 12.3 Å². The largest absolute Gasteiger partial charge is 0.478 e. The highest BCUT2D eigenvalue weighted by Gasteiger charge is 2.19. The van der Waals surface area contributed by atoms with Gasteiger partial charge < -0.3 is 10.4 Å². The van der Waals surface area contributed by atoms with Gasteiger partial charge in [-0.25, -0.2) is 4.79 Å². The van der Waals surface area contributed by atoms with Crippen LogP contribution in [0, 0.1) is 5.92 Å². The quantitative estimate of drug-likeness (QED) is 0.655. The van der Waals surface area contributed by atoms with E-state index in [1.165, 1.54) is 19.3 Å². The highest BCUT2D eigenvalue weighted by molar-refractivity contribution is 5.79. The molecule has 0 aliphatic heterocycles. The lowest BCUT2D eigenvalue weighted by Gasteiger charge is -2.28. The van der Waals surface area contributed by atoms with Gasteiger partial charge in [-0.15, -0.1) is 0 Å². The molecule has 1 aliphatic carbocycles. The van der Waals surface area contributed by atoms with Crippen molar-refractivity contribution in [3.05, 3.63) is 12.3 Å². The van der Waals surface area contributed by atoms with E-state index in [0.717, 1.165) is 12.5 Å². The zero-order valence-electron chi connectivity index (χ0n) is 7.99. The molecule has 2 N–H and O–H groups in total. The topological polar surface area (TPSA) is 49.3 Å². The molecule has 2 atom stereocenters. The summed E-state index contributed by atoms with van der Waals surface area (Å²) in [5.74, 6) is -0.233. The molecule has 1 fully saturated rings. The Labute approximate surface area is 78.8 Å². The number of carboxylic acid groups (broad SMARTS) is 1. The van der Waals surface area contributed by atoms with Gasteiger partial charge >= 0.3 is 5.97 Å². The van der Waals surface area contributed by atoms with E-state index in [9.17, 15) is 4.79 Å². The van der Waals surface area contributed by atoms with Crippen molar-refractivity contribution in [3.63, 3.8) is 0 Å². The number of carbonyl (C=O) groups is 1. The van der Waals surface area contributed by atoms with Gasteiger partial charge in [0.1, 0.15) is 0 Å². The standard InChI is InChI=1S/C10H17NO2/c1-8-4-2-3-5-9(8)11-7-6-10(12)13/h6-9,11H,2-5H2,1H3,(H,12,13)/b7-6+. The average Bonchev–Trinajstić information content (AvgIpc) is 2.08. The second-order valence-corrected chi connectivity index (χ2v) is 3.71. The Hall–Kier alpha value is -0.990. The highest BCUT2D eigenvalue weighted by atomic mass is 16.4. The van der Waals surface area contributed by atoms with Crippen molar-refractivity contribution in [1.82, 2.24) is 5.32 Å². The Balaban J connectivity index is 2.30. The Morgan fingerprint density at radius 1 is 1.46 bits per heavy atom. The van der Waals surface area contributed by atoms with E-state index in [4.69, 9.17) is 5.11 Å². The third-order valence-electron chi connectivity index (χ3n) is 2.65. The van der Waals surface area contributed by atoms with Crippen molar-refractivity contribution in [2.24, 2.45) is 5.92 Å². The monoisotopic (exact) mass is 183 g/mol. The molecule has 0 bridgehead atoms. The lowest BCUT2D eigenvalue weighted by molar-refractivity contribution is -0.131. The molecule has 3 heteroatoms. The van der Waals surface area contributed by atoms with Crippen LogP contribution in [0.5, 0.6) is 0 Å². The van der Waals surface area contributed by atoms with Crippen molar-refractivity contribution in [2.75, 3.05) is 0 Å². The first-order valence-corrected chi connectivity index (χ1v) is 4.85. The second-order valence-electron chi connectivity index (χ2n) is 3.71. The van der Waals surface area contributed by atoms with E-state index in [2.05, 4.69) is 12.2 Å². The molecule has 0 heterocycles. The first-order valence-electron chi connectivity index (χ1n) is 4.85. The molecular weight excluding hydrogens is 166 g/mol. The Bertz CT molecular complexity index is 201. The van der Waals surface area contributed by atoms with Crippen LogP contribution in [-0.2, 0) is 4.79 Å². The van der Waals surface area contributed by atoms with E-state index >= 15 is 0 Å². The number of carboxylic acids is 1. The summed E-state index contributed by atoms with van der Waals surface area (Å²) in [7, 11) is 0. The molecule has 0 amide bonds. The van der Waals surface area contributed by atoms with Gasteiger partial charge in [0.25, 0.3) is 0 Å². The summed E-state index contributed by atoms with van der Waals surface area (Å²) in [6.45, 7) is 2.21. The van der Waals surface area contributed by atoms with E-state index in [0.29, 0.717) is 12.0 Å². The summed E-state index contributed by atoms with van der Waals surface area (Å²) in [5, 5.41) is 11.5. The highest BCUT2D eigenvalue weighted by Crippen LogP contribution is 2.23. The summed E-state index contributed by atoms with van der Waals surface area (Å²) in [4.78, 5) is 10.2. The van der Waals surface area contributed by atoms with Gasteiger partial charge in [-0.3, -0.25) is 0 Å². The molecule has 2 unspecified atom stereocenters. The van der Waals surface area contributed by atoms with Gasteiger partial charge in [0.15, 0.2) is 0 Å². The Morgan fingerprint density at radius 3 is 2.77 bits per heavy atom. The van der Waals surface area contributed by atoms with Crippen LogP contribution in [0.4, 0.5) is 0 Å². The molecule has 1 saturated carbocycles.